The Hall–Kier alpha value is -3.61. The third-order valence-corrected chi connectivity index (χ3v) is 3.94. The van der Waals surface area contributed by atoms with Gasteiger partial charge >= 0.3 is 6.18 Å². The van der Waals surface area contributed by atoms with Gasteiger partial charge in [-0.15, -0.1) is 0 Å². The van der Waals surface area contributed by atoms with Crippen molar-refractivity contribution in [2.45, 2.75) is 6.18 Å². The van der Waals surface area contributed by atoms with Crippen molar-refractivity contribution in [2.24, 2.45) is 5.73 Å². The van der Waals surface area contributed by atoms with Crippen LogP contribution >= 0.6 is 0 Å². The normalized spacial score (nSPS) is 11.9. The number of aromatic nitrogens is 1. The van der Waals surface area contributed by atoms with Gasteiger partial charge in [0.2, 0.25) is 0 Å². The standard InChI is InChI=1S/C21H17F3N4/c22-21(23,24)19(26)14-17(25)20-18(12-7-13-27-20)28(15-8-3-1-4-9-15)16-10-5-2-6-11-16/h1-14,25H,26H2. The highest BCUT2D eigenvalue weighted by atomic mass is 19.4. The van der Waals surface area contributed by atoms with E-state index in [4.69, 9.17) is 11.1 Å². The zero-order valence-electron chi connectivity index (χ0n) is 14.7. The minimum atomic E-state index is -4.71. The lowest BCUT2D eigenvalue weighted by atomic mass is 10.1. The summed E-state index contributed by atoms with van der Waals surface area (Å²) in [6.07, 6.45) is -2.70. The van der Waals surface area contributed by atoms with Crippen LogP contribution in [0.3, 0.4) is 0 Å². The van der Waals surface area contributed by atoms with E-state index in [0.29, 0.717) is 11.8 Å². The van der Waals surface area contributed by atoms with E-state index in [9.17, 15) is 13.2 Å². The van der Waals surface area contributed by atoms with Crippen LogP contribution in [0.15, 0.2) is 90.8 Å². The van der Waals surface area contributed by atoms with Crippen LogP contribution < -0.4 is 10.6 Å². The molecule has 1 heterocycles. The van der Waals surface area contributed by atoms with Gasteiger partial charge < -0.3 is 10.6 Å². The van der Waals surface area contributed by atoms with Crippen LogP contribution in [0.4, 0.5) is 30.2 Å². The predicted octanol–water partition coefficient (Wildman–Crippen LogP) is 5.32. The number of hydrogen-bond acceptors (Lipinski definition) is 4. The summed E-state index contributed by atoms with van der Waals surface area (Å²) in [5.41, 5.74) is 5.43. The van der Waals surface area contributed by atoms with Gasteiger partial charge in [-0.05, 0) is 42.5 Å². The van der Waals surface area contributed by atoms with Crippen LogP contribution in [0.25, 0.3) is 0 Å². The van der Waals surface area contributed by atoms with Crippen LogP contribution in [0.2, 0.25) is 0 Å². The Morgan fingerprint density at radius 1 is 0.893 bits per heavy atom. The fraction of sp³-hybridized carbons (Fsp3) is 0.0476. The summed E-state index contributed by atoms with van der Waals surface area (Å²) in [4.78, 5) is 5.98. The van der Waals surface area contributed by atoms with Crippen LogP contribution in [0.1, 0.15) is 5.69 Å². The molecule has 0 aliphatic heterocycles. The van der Waals surface area contributed by atoms with E-state index in [2.05, 4.69) is 4.98 Å². The molecule has 0 unspecified atom stereocenters. The summed E-state index contributed by atoms with van der Waals surface area (Å²) in [5.74, 6) is 0. The van der Waals surface area contributed by atoms with Crippen LogP contribution in [0, 0.1) is 5.41 Å². The minimum absolute atomic E-state index is 0.0856. The third-order valence-electron chi connectivity index (χ3n) is 3.94. The predicted molar refractivity (Wildman–Crippen MR) is 104 cm³/mol. The molecule has 0 amide bonds. The molecule has 28 heavy (non-hydrogen) atoms. The number of benzene rings is 2. The summed E-state index contributed by atoms with van der Waals surface area (Å²) >= 11 is 0. The molecule has 3 aromatic rings. The molecule has 0 saturated heterocycles. The average molecular weight is 382 g/mol. The molecule has 0 aliphatic rings. The summed E-state index contributed by atoms with van der Waals surface area (Å²) in [5, 5.41) is 8.15. The maximum Gasteiger partial charge on any atom is 0.430 e. The Morgan fingerprint density at radius 2 is 1.43 bits per heavy atom. The fourth-order valence-corrected chi connectivity index (χ4v) is 2.67. The van der Waals surface area contributed by atoms with E-state index >= 15 is 0 Å². The van der Waals surface area contributed by atoms with Gasteiger partial charge in [-0.2, -0.15) is 13.2 Å². The van der Waals surface area contributed by atoms with Crippen LogP contribution in [-0.4, -0.2) is 16.9 Å². The number of hydrogen-bond donors (Lipinski definition) is 2. The van der Waals surface area contributed by atoms with Gasteiger partial charge in [0.1, 0.15) is 11.4 Å². The molecule has 3 rings (SSSR count). The smallest absolute Gasteiger partial charge is 0.395 e. The molecule has 0 saturated carbocycles. The number of nitrogens with zero attached hydrogens (tertiary/aromatic N) is 2. The minimum Gasteiger partial charge on any atom is -0.395 e. The number of nitrogens with one attached hydrogen (secondary N) is 1. The number of alkyl halides is 3. The number of nitrogens with two attached hydrogens (primary N) is 1. The largest absolute Gasteiger partial charge is 0.430 e. The van der Waals surface area contributed by atoms with Crippen LogP contribution in [0.5, 0.6) is 0 Å². The summed E-state index contributed by atoms with van der Waals surface area (Å²) in [6.45, 7) is 0. The first-order valence-electron chi connectivity index (χ1n) is 8.36. The van der Waals surface area contributed by atoms with E-state index in [1.165, 1.54) is 6.20 Å². The molecule has 0 radical (unpaired) electrons. The first kappa shape index (κ1) is 19.2. The van der Waals surface area contributed by atoms with Crippen molar-refractivity contribution in [3.63, 3.8) is 0 Å². The molecule has 0 aliphatic carbocycles. The number of allylic oxidation sites excluding steroid dienone is 2. The van der Waals surface area contributed by atoms with Gasteiger partial charge in [0, 0.05) is 17.6 Å². The second kappa shape index (κ2) is 7.96. The highest BCUT2D eigenvalue weighted by molar-refractivity contribution is 6.10. The Labute approximate surface area is 160 Å². The first-order chi connectivity index (χ1) is 13.4. The van der Waals surface area contributed by atoms with E-state index in [1.807, 2.05) is 65.6 Å². The van der Waals surface area contributed by atoms with E-state index in [-0.39, 0.29) is 5.69 Å². The topological polar surface area (TPSA) is 66.0 Å². The molecule has 0 bridgehead atoms. The van der Waals surface area contributed by atoms with Crippen molar-refractivity contribution < 1.29 is 13.2 Å². The molecule has 0 atom stereocenters. The van der Waals surface area contributed by atoms with Gasteiger partial charge in [-0.1, -0.05) is 36.4 Å². The zero-order chi connectivity index (χ0) is 20.1. The van der Waals surface area contributed by atoms with Crippen LogP contribution in [-0.2, 0) is 0 Å². The molecule has 4 nitrogen and oxygen atoms in total. The lowest BCUT2D eigenvalue weighted by molar-refractivity contribution is -0.0925. The first-order valence-corrected chi connectivity index (χ1v) is 8.36. The number of anilines is 3. The van der Waals surface area contributed by atoms with E-state index < -0.39 is 17.6 Å². The van der Waals surface area contributed by atoms with Gasteiger partial charge in [0.05, 0.1) is 11.4 Å². The second-order valence-electron chi connectivity index (χ2n) is 5.89. The zero-order valence-corrected chi connectivity index (χ0v) is 14.7. The summed E-state index contributed by atoms with van der Waals surface area (Å²) in [7, 11) is 0. The lowest BCUT2D eigenvalue weighted by Gasteiger charge is -2.26. The van der Waals surface area contributed by atoms with Gasteiger partial charge in [-0.25, -0.2) is 0 Å². The molecule has 0 spiro atoms. The SMILES string of the molecule is N=C(C=C(N)C(F)(F)F)c1ncccc1N(c1ccccc1)c1ccccc1. The van der Waals surface area contributed by atoms with E-state index in [1.54, 1.807) is 12.1 Å². The Kier molecular flexibility index (Phi) is 5.44. The maximum atomic E-state index is 12.8. The number of halogens is 3. The van der Waals surface area contributed by atoms with Gasteiger partial charge in [0.25, 0.3) is 0 Å². The second-order valence-corrected chi connectivity index (χ2v) is 5.89. The molecular formula is C21H17F3N4. The molecule has 0 fully saturated rings. The van der Waals surface area contributed by atoms with Crippen molar-refractivity contribution in [1.82, 2.24) is 4.98 Å². The Bertz CT molecular complexity index is 944. The molecular weight excluding hydrogens is 365 g/mol. The summed E-state index contributed by atoms with van der Waals surface area (Å²) < 4.78 is 38.4. The highest BCUT2D eigenvalue weighted by Crippen LogP contribution is 2.36. The number of para-hydroxylation sites is 2. The third kappa shape index (κ3) is 4.20. The molecule has 7 heteroatoms. The molecule has 142 valence electrons. The highest BCUT2D eigenvalue weighted by Gasteiger charge is 2.32. The van der Waals surface area contributed by atoms with Crippen molar-refractivity contribution in [2.75, 3.05) is 4.90 Å². The number of rotatable bonds is 5. The van der Waals surface area contributed by atoms with Crippen molar-refractivity contribution >= 4 is 22.8 Å². The van der Waals surface area contributed by atoms with Crippen molar-refractivity contribution in [3.05, 3.63) is 96.5 Å². The summed E-state index contributed by atoms with van der Waals surface area (Å²) in [6, 6.07) is 22.0. The maximum absolute atomic E-state index is 12.8. The number of pyridine rings is 1. The Morgan fingerprint density at radius 3 is 1.93 bits per heavy atom. The lowest BCUT2D eigenvalue weighted by Crippen LogP contribution is -2.21. The molecule has 2 aromatic carbocycles. The fourth-order valence-electron chi connectivity index (χ4n) is 2.67. The van der Waals surface area contributed by atoms with Gasteiger partial charge in [0.15, 0.2) is 0 Å². The van der Waals surface area contributed by atoms with Crippen molar-refractivity contribution in [1.29, 1.82) is 5.41 Å². The average Bonchev–Trinajstić information content (AvgIpc) is 2.69. The molecule has 3 N–H and O–H groups in total. The quantitative estimate of drug-likeness (QED) is 0.587. The van der Waals surface area contributed by atoms with E-state index in [0.717, 1.165) is 11.4 Å². The Balaban J connectivity index is 2.14. The molecule has 1 aromatic heterocycles. The monoisotopic (exact) mass is 382 g/mol. The van der Waals surface area contributed by atoms with Crippen molar-refractivity contribution in [3.8, 4) is 0 Å². The van der Waals surface area contributed by atoms with Gasteiger partial charge in [-0.3, -0.25) is 10.4 Å².